The van der Waals surface area contributed by atoms with Crippen molar-refractivity contribution < 1.29 is 9.59 Å². The molecule has 7 nitrogen and oxygen atoms in total. The number of H-pyrrole nitrogens is 1. The van der Waals surface area contributed by atoms with Crippen LogP contribution in [0.2, 0.25) is 0 Å². The molecule has 0 atom stereocenters. The SMILES string of the molecule is C#CCNC(=O)CN1CCCN(C(=O)c2ccccc2CSc2nc3ccccc3[nH]2)CC1. The average molecular weight is 462 g/mol. The lowest BCUT2D eigenvalue weighted by atomic mass is 10.1. The molecule has 1 aliphatic heterocycles. The van der Waals surface area contributed by atoms with E-state index in [0.29, 0.717) is 31.9 Å². The number of thioether (sulfide) groups is 1. The quantitative estimate of drug-likeness (QED) is 0.418. The van der Waals surface area contributed by atoms with Crippen molar-refractivity contribution in [2.75, 3.05) is 39.3 Å². The molecule has 0 radical (unpaired) electrons. The number of terminal acetylenes is 1. The van der Waals surface area contributed by atoms with E-state index < -0.39 is 0 Å². The van der Waals surface area contributed by atoms with Gasteiger partial charge in [0, 0.05) is 37.5 Å². The average Bonchev–Trinajstić information content (AvgIpc) is 3.12. The summed E-state index contributed by atoms with van der Waals surface area (Å²) in [6.07, 6.45) is 6.02. The van der Waals surface area contributed by atoms with E-state index in [1.807, 2.05) is 53.4 Å². The Kier molecular flexibility index (Phi) is 7.66. The Morgan fingerprint density at radius 1 is 1.09 bits per heavy atom. The molecule has 1 aromatic heterocycles. The van der Waals surface area contributed by atoms with Gasteiger partial charge in [0.05, 0.1) is 24.1 Å². The van der Waals surface area contributed by atoms with Gasteiger partial charge in [-0.3, -0.25) is 14.5 Å². The first-order chi connectivity index (χ1) is 16.1. The number of fused-ring (bicyclic) bond motifs is 1. The van der Waals surface area contributed by atoms with Gasteiger partial charge < -0.3 is 15.2 Å². The van der Waals surface area contributed by atoms with Crippen molar-refractivity contribution in [3.8, 4) is 12.3 Å². The second-order valence-corrected chi connectivity index (χ2v) is 8.87. The Morgan fingerprint density at radius 3 is 2.76 bits per heavy atom. The predicted molar refractivity (Wildman–Crippen MR) is 131 cm³/mol. The summed E-state index contributed by atoms with van der Waals surface area (Å²) in [7, 11) is 0. The van der Waals surface area contributed by atoms with Crippen LogP contribution >= 0.6 is 11.8 Å². The number of nitrogens with one attached hydrogen (secondary N) is 2. The van der Waals surface area contributed by atoms with Crippen LogP contribution < -0.4 is 5.32 Å². The highest BCUT2D eigenvalue weighted by Crippen LogP contribution is 2.25. The third kappa shape index (κ3) is 5.95. The van der Waals surface area contributed by atoms with E-state index in [1.54, 1.807) is 11.8 Å². The van der Waals surface area contributed by atoms with Gasteiger partial charge in [0.2, 0.25) is 5.91 Å². The van der Waals surface area contributed by atoms with Crippen LogP contribution in [0.3, 0.4) is 0 Å². The predicted octanol–water partition coefficient (Wildman–Crippen LogP) is 2.75. The minimum Gasteiger partial charge on any atom is -0.344 e. The lowest BCUT2D eigenvalue weighted by Crippen LogP contribution is -2.40. The van der Waals surface area contributed by atoms with Crippen molar-refractivity contribution in [2.45, 2.75) is 17.3 Å². The molecule has 0 saturated carbocycles. The van der Waals surface area contributed by atoms with Crippen molar-refractivity contribution in [3.05, 3.63) is 59.7 Å². The summed E-state index contributed by atoms with van der Waals surface area (Å²) in [6, 6.07) is 15.7. The molecule has 2 aromatic carbocycles. The molecule has 1 fully saturated rings. The molecule has 2 amide bonds. The maximum atomic E-state index is 13.4. The summed E-state index contributed by atoms with van der Waals surface area (Å²) in [5.41, 5.74) is 3.65. The molecule has 0 spiro atoms. The number of hydrogen-bond acceptors (Lipinski definition) is 5. The summed E-state index contributed by atoms with van der Waals surface area (Å²) >= 11 is 1.59. The van der Waals surface area contributed by atoms with Gasteiger partial charge in [-0.15, -0.1) is 6.42 Å². The molecule has 8 heteroatoms. The van der Waals surface area contributed by atoms with Gasteiger partial charge in [-0.05, 0) is 30.2 Å². The lowest BCUT2D eigenvalue weighted by molar-refractivity contribution is -0.121. The number of imidazole rings is 1. The summed E-state index contributed by atoms with van der Waals surface area (Å²) in [6.45, 7) is 3.23. The second-order valence-electron chi connectivity index (χ2n) is 7.91. The van der Waals surface area contributed by atoms with Crippen LogP contribution in [0.1, 0.15) is 22.3 Å². The van der Waals surface area contributed by atoms with Gasteiger partial charge in [0.25, 0.3) is 5.91 Å². The van der Waals surface area contributed by atoms with E-state index in [4.69, 9.17) is 6.42 Å². The van der Waals surface area contributed by atoms with Crippen LogP contribution in [0.15, 0.2) is 53.7 Å². The molecule has 2 N–H and O–H groups in total. The molecule has 0 aliphatic carbocycles. The van der Waals surface area contributed by atoms with E-state index >= 15 is 0 Å². The number of aromatic nitrogens is 2. The first-order valence-electron chi connectivity index (χ1n) is 11.0. The summed E-state index contributed by atoms with van der Waals surface area (Å²) in [4.78, 5) is 37.2. The molecule has 3 aromatic rings. The molecule has 4 rings (SSSR count). The molecule has 33 heavy (non-hydrogen) atoms. The number of rotatable bonds is 7. The Hall–Kier alpha value is -3.28. The van der Waals surface area contributed by atoms with E-state index in [2.05, 4.69) is 26.1 Å². The first kappa shape index (κ1) is 22.9. The molecule has 170 valence electrons. The number of carbonyl (C=O) groups excluding carboxylic acids is 2. The van der Waals surface area contributed by atoms with Gasteiger partial charge in [-0.2, -0.15) is 0 Å². The van der Waals surface area contributed by atoms with Crippen molar-refractivity contribution >= 4 is 34.6 Å². The number of nitrogens with zero attached hydrogens (tertiary/aromatic N) is 3. The van der Waals surface area contributed by atoms with Crippen LogP contribution in [0.4, 0.5) is 0 Å². The lowest BCUT2D eigenvalue weighted by Gasteiger charge is -2.22. The molecule has 1 saturated heterocycles. The number of amides is 2. The zero-order valence-corrected chi connectivity index (χ0v) is 19.2. The van der Waals surface area contributed by atoms with Crippen LogP contribution in [0.5, 0.6) is 0 Å². The third-order valence-electron chi connectivity index (χ3n) is 5.61. The Balaban J connectivity index is 1.38. The minimum atomic E-state index is -0.0827. The van der Waals surface area contributed by atoms with Crippen LogP contribution in [-0.2, 0) is 10.5 Å². The fourth-order valence-corrected chi connectivity index (χ4v) is 4.80. The highest BCUT2D eigenvalue weighted by Gasteiger charge is 2.23. The molecule has 0 bridgehead atoms. The fourth-order valence-electron chi connectivity index (χ4n) is 3.91. The number of hydrogen-bond donors (Lipinski definition) is 2. The Bertz CT molecular complexity index is 1140. The largest absolute Gasteiger partial charge is 0.344 e. The van der Waals surface area contributed by atoms with E-state index in [9.17, 15) is 9.59 Å². The van der Waals surface area contributed by atoms with Gasteiger partial charge in [0.15, 0.2) is 5.16 Å². The van der Waals surface area contributed by atoms with E-state index in [0.717, 1.165) is 40.3 Å². The smallest absolute Gasteiger partial charge is 0.254 e. The molecular weight excluding hydrogens is 434 g/mol. The van der Waals surface area contributed by atoms with Crippen LogP contribution in [-0.4, -0.2) is 70.9 Å². The van der Waals surface area contributed by atoms with Gasteiger partial charge in [-0.1, -0.05) is 48.0 Å². The number of carbonyl (C=O) groups is 2. The van der Waals surface area contributed by atoms with E-state index in [-0.39, 0.29) is 18.4 Å². The topological polar surface area (TPSA) is 81.3 Å². The zero-order valence-electron chi connectivity index (χ0n) is 18.4. The third-order valence-corrected chi connectivity index (χ3v) is 6.53. The second kappa shape index (κ2) is 11.0. The van der Waals surface area contributed by atoms with Crippen molar-refractivity contribution in [1.29, 1.82) is 0 Å². The van der Waals surface area contributed by atoms with Gasteiger partial charge >= 0.3 is 0 Å². The number of para-hydroxylation sites is 2. The van der Waals surface area contributed by atoms with Gasteiger partial charge in [-0.25, -0.2) is 4.98 Å². The van der Waals surface area contributed by atoms with Gasteiger partial charge in [0.1, 0.15) is 0 Å². The Labute approximate surface area is 197 Å². The van der Waals surface area contributed by atoms with Crippen LogP contribution in [0.25, 0.3) is 11.0 Å². The highest BCUT2D eigenvalue weighted by atomic mass is 32.2. The molecule has 1 aliphatic rings. The highest BCUT2D eigenvalue weighted by molar-refractivity contribution is 7.98. The summed E-state index contributed by atoms with van der Waals surface area (Å²) < 4.78 is 0. The van der Waals surface area contributed by atoms with E-state index in [1.165, 1.54) is 0 Å². The maximum Gasteiger partial charge on any atom is 0.254 e. The molecular formula is C25H27N5O2S. The minimum absolute atomic E-state index is 0.0365. The fraction of sp³-hybridized carbons (Fsp3) is 0.320. The monoisotopic (exact) mass is 461 g/mol. The number of aromatic amines is 1. The van der Waals surface area contributed by atoms with Crippen molar-refractivity contribution in [3.63, 3.8) is 0 Å². The molecule has 0 unspecified atom stereocenters. The summed E-state index contributed by atoms with van der Waals surface area (Å²) in [5, 5.41) is 3.54. The van der Waals surface area contributed by atoms with Crippen LogP contribution in [0, 0.1) is 12.3 Å². The molecule has 2 heterocycles. The zero-order chi connectivity index (χ0) is 23.0. The van der Waals surface area contributed by atoms with Crippen molar-refractivity contribution in [2.24, 2.45) is 0 Å². The maximum absolute atomic E-state index is 13.4. The van der Waals surface area contributed by atoms with Crippen molar-refractivity contribution in [1.82, 2.24) is 25.1 Å². The summed E-state index contributed by atoms with van der Waals surface area (Å²) in [5.74, 6) is 3.01. The number of benzene rings is 2. The normalized spacial score (nSPS) is 14.6. The first-order valence-corrected chi connectivity index (χ1v) is 12.0. The Morgan fingerprint density at radius 2 is 1.91 bits per heavy atom. The standard InChI is InChI=1S/C25H27N5O2S/c1-2-12-26-23(31)17-29-13-7-14-30(16-15-29)24(32)20-9-4-3-8-19(20)18-33-25-27-21-10-5-6-11-22(21)28-25/h1,3-6,8-11H,7,12-18H2,(H,26,31)(H,27,28).